The van der Waals surface area contributed by atoms with Gasteiger partial charge in [0.15, 0.2) is 0 Å². The molecule has 1 N–H and O–H groups in total. The maximum absolute atomic E-state index is 13.0. The second-order valence-electron chi connectivity index (χ2n) is 6.23. The Morgan fingerprint density at radius 1 is 1.15 bits per heavy atom. The van der Waals surface area contributed by atoms with E-state index in [1.54, 1.807) is 0 Å². The highest BCUT2D eigenvalue weighted by Crippen LogP contribution is 2.22. The first-order valence-corrected chi connectivity index (χ1v) is 9.92. The van der Waals surface area contributed by atoms with Crippen LogP contribution in [0.3, 0.4) is 0 Å². The van der Waals surface area contributed by atoms with Gasteiger partial charge in [0.2, 0.25) is 10.0 Å². The maximum Gasteiger partial charge on any atom is 0.252 e. The van der Waals surface area contributed by atoms with E-state index in [1.807, 2.05) is 6.07 Å². The van der Waals surface area contributed by atoms with Gasteiger partial charge in [-0.3, -0.25) is 4.79 Å². The molecule has 140 valence electrons. The molecule has 0 spiro atoms. The number of hydrogen-bond donors (Lipinski definition) is 1. The van der Waals surface area contributed by atoms with Crippen LogP contribution in [0.5, 0.6) is 0 Å². The van der Waals surface area contributed by atoms with Gasteiger partial charge in [0, 0.05) is 18.7 Å². The van der Waals surface area contributed by atoms with E-state index in [2.05, 4.69) is 5.32 Å². The monoisotopic (exact) mass is 387 g/mol. The lowest BCUT2D eigenvalue weighted by Crippen LogP contribution is -2.29. The summed E-state index contributed by atoms with van der Waals surface area (Å²) in [6.07, 6.45) is 1.64. The Bertz CT molecular complexity index is 978. The summed E-state index contributed by atoms with van der Waals surface area (Å²) in [5, 5.41) is 11.8. The van der Waals surface area contributed by atoms with Crippen molar-refractivity contribution in [2.75, 3.05) is 13.1 Å². The largest absolute Gasteiger partial charge is 0.333 e. The van der Waals surface area contributed by atoms with E-state index in [4.69, 9.17) is 0 Å². The Labute approximate surface area is 157 Å². The highest BCUT2D eigenvalue weighted by atomic mass is 32.2. The summed E-state index contributed by atoms with van der Waals surface area (Å²) in [6.45, 7) is 0.944. The van der Waals surface area contributed by atoms with E-state index in [0.717, 1.165) is 12.8 Å². The number of nitrogens with one attached hydrogen (secondary N) is 1. The number of nitriles is 1. The van der Waals surface area contributed by atoms with Crippen LogP contribution in [-0.4, -0.2) is 31.7 Å². The fourth-order valence-electron chi connectivity index (χ4n) is 2.94. The fraction of sp³-hybridized carbons (Fsp3) is 0.263. The van der Waals surface area contributed by atoms with Gasteiger partial charge >= 0.3 is 0 Å². The summed E-state index contributed by atoms with van der Waals surface area (Å²) in [7, 11) is -3.64. The molecular formula is C19H18FN3O3S. The third kappa shape index (κ3) is 4.15. The van der Waals surface area contributed by atoms with Crippen LogP contribution in [0.25, 0.3) is 0 Å². The van der Waals surface area contributed by atoms with Gasteiger partial charge in [-0.2, -0.15) is 9.57 Å². The number of amides is 1. The van der Waals surface area contributed by atoms with Crippen LogP contribution in [0.4, 0.5) is 4.39 Å². The molecule has 2 aromatic rings. The van der Waals surface area contributed by atoms with Gasteiger partial charge in [-0.25, -0.2) is 12.8 Å². The average Bonchev–Trinajstić information content (AvgIpc) is 3.22. The number of carbonyl (C=O) groups is 1. The predicted molar refractivity (Wildman–Crippen MR) is 96.7 cm³/mol. The van der Waals surface area contributed by atoms with Crippen molar-refractivity contribution in [2.24, 2.45) is 0 Å². The third-order valence-electron chi connectivity index (χ3n) is 4.41. The first-order valence-electron chi connectivity index (χ1n) is 8.48. The SMILES string of the molecule is N#C[C@H](NC(=O)c1cccc(S(=O)(=O)N2CCCC2)c1)c1ccc(F)cc1. The molecule has 0 aromatic heterocycles. The second kappa shape index (κ2) is 7.86. The number of halogens is 1. The van der Waals surface area contributed by atoms with Crippen molar-refractivity contribution in [1.82, 2.24) is 9.62 Å². The molecule has 0 aliphatic carbocycles. The van der Waals surface area contributed by atoms with Crippen molar-refractivity contribution in [2.45, 2.75) is 23.8 Å². The van der Waals surface area contributed by atoms with Crippen LogP contribution < -0.4 is 5.32 Å². The zero-order valence-corrected chi connectivity index (χ0v) is 15.2. The molecule has 1 amide bonds. The normalized spacial score (nSPS) is 15.9. The molecular weight excluding hydrogens is 369 g/mol. The quantitative estimate of drug-likeness (QED) is 0.854. The van der Waals surface area contributed by atoms with Gasteiger partial charge in [-0.1, -0.05) is 18.2 Å². The Morgan fingerprint density at radius 2 is 1.81 bits per heavy atom. The number of nitrogens with zero attached hydrogens (tertiary/aromatic N) is 2. The molecule has 2 aromatic carbocycles. The molecule has 8 heteroatoms. The van der Waals surface area contributed by atoms with E-state index in [-0.39, 0.29) is 10.5 Å². The first kappa shape index (κ1) is 19.0. The van der Waals surface area contributed by atoms with Gasteiger partial charge in [0.25, 0.3) is 5.91 Å². The van der Waals surface area contributed by atoms with Gasteiger partial charge in [0.05, 0.1) is 11.0 Å². The van der Waals surface area contributed by atoms with Crippen LogP contribution in [-0.2, 0) is 10.0 Å². The lowest BCUT2D eigenvalue weighted by atomic mass is 10.1. The average molecular weight is 387 g/mol. The number of carbonyl (C=O) groups excluding carboxylic acids is 1. The number of benzene rings is 2. The molecule has 1 aliphatic rings. The third-order valence-corrected chi connectivity index (χ3v) is 6.30. The molecule has 1 heterocycles. The Hall–Kier alpha value is -2.76. The summed E-state index contributed by atoms with van der Waals surface area (Å²) in [5.41, 5.74) is 0.575. The van der Waals surface area contributed by atoms with E-state index in [1.165, 1.54) is 52.8 Å². The minimum Gasteiger partial charge on any atom is -0.333 e. The van der Waals surface area contributed by atoms with Crippen LogP contribution >= 0.6 is 0 Å². The molecule has 3 rings (SSSR count). The zero-order chi connectivity index (χ0) is 19.4. The maximum atomic E-state index is 13.0. The molecule has 0 saturated carbocycles. The minimum absolute atomic E-state index is 0.0485. The lowest BCUT2D eigenvalue weighted by Gasteiger charge is -2.16. The number of hydrogen-bond acceptors (Lipinski definition) is 4. The van der Waals surface area contributed by atoms with Crippen molar-refractivity contribution in [1.29, 1.82) is 5.26 Å². The molecule has 1 fully saturated rings. The summed E-state index contributed by atoms with van der Waals surface area (Å²) in [4.78, 5) is 12.6. The summed E-state index contributed by atoms with van der Waals surface area (Å²) in [6, 6.07) is 11.9. The van der Waals surface area contributed by atoms with Crippen molar-refractivity contribution in [3.63, 3.8) is 0 Å². The van der Waals surface area contributed by atoms with Gasteiger partial charge in [-0.15, -0.1) is 0 Å². The van der Waals surface area contributed by atoms with Gasteiger partial charge in [-0.05, 0) is 48.7 Å². The smallest absolute Gasteiger partial charge is 0.252 e. The second-order valence-corrected chi connectivity index (χ2v) is 8.16. The molecule has 0 bridgehead atoms. The van der Waals surface area contributed by atoms with Gasteiger partial charge in [0.1, 0.15) is 11.9 Å². The topological polar surface area (TPSA) is 90.3 Å². The minimum atomic E-state index is -3.64. The molecule has 0 unspecified atom stereocenters. The van der Waals surface area contributed by atoms with Gasteiger partial charge < -0.3 is 5.32 Å². The Balaban J connectivity index is 1.81. The Kier molecular flexibility index (Phi) is 5.54. The highest BCUT2D eigenvalue weighted by Gasteiger charge is 2.27. The van der Waals surface area contributed by atoms with Crippen molar-refractivity contribution in [3.05, 3.63) is 65.5 Å². The van der Waals surface area contributed by atoms with E-state index in [0.29, 0.717) is 18.7 Å². The number of sulfonamides is 1. The fourth-order valence-corrected chi connectivity index (χ4v) is 4.50. The molecule has 6 nitrogen and oxygen atoms in total. The summed E-state index contributed by atoms with van der Waals surface area (Å²) >= 11 is 0. The lowest BCUT2D eigenvalue weighted by molar-refractivity contribution is 0.0945. The van der Waals surface area contributed by atoms with E-state index in [9.17, 15) is 22.9 Å². The van der Waals surface area contributed by atoms with Crippen LogP contribution in [0, 0.1) is 17.1 Å². The molecule has 27 heavy (non-hydrogen) atoms. The molecule has 1 atom stereocenters. The molecule has 1 saturated heterocycles. The molecule has 1 aliphatic heterocycles. The summed E-state index contributed by atoms with van der Waals surface area (Å²) < 4.78 is 39.7. The highest BCUT2D eigenvalue weighted by molar-refractivity contribution is 7.89. The zero-order valence-electron chi connectivity index (χ0n) is 14.4. The van der Waals surface area contributed by atoms with Crippen LogP contribution in [0.1, 0.15) is 34.8 Å². The number of rotatable bonds is 5. The van der Waals surface area contributed by atoms with Crippen molar-refractivity contribution in [3.8, 4) is 6.07 Å². The van der Waals surface area contributed by atoms with Crippen LogP contribution in [0.15, 0.2) is 53.4 Å². The predicted octanol–water partition coefficient (Wildman–Crippen LogP) is 2.60. The first-order chi connectivity index (χ1) is 12.9. The van der Waals surface area contributed by atoms with E-state index >= 15 is 0 Å². The van der Waals surface area contributed by atoms with Crippen LogP contribution in [0.2, 0.25) is 0 Å². The Morgan fingerprint density at radius 3 is 2.44 bits per heavy atom. The van der Waals surface area contributed by atoms with Crippen molar-refractivity contribution < 1.29 is 17.6 Å². The standard InChI is InChI=1S/C19H18FN3O3S/c20-16-8-6-14(7-9-16)18(13-21)22-19(24)15-4-3-5-17(12-15)27(25,26)23-10-1-2-11-23/h3-9,12,18H,1-2,10-11H2,(H,22,24)/t18-/m0/s1. The summed E-state index contributed by atoms with van der Waals surface area (Å²) in [5.74, 6) is -1.02. The molecule has 0 radical (unpaired) electrons. The van der Waals surface area contributed by atoms with Crippen molar-refractivity contribution >= 4 is 15.9 Å². The van der Waals surface area contributed by atoms with E-state index < -0.39 is 27.8 Å².